The molecule has 4 nitrogen and oxygen atoms in total. The van der Waals surface area contributed by atoms with Crippen LogP contribution in [0.2, 0.25) is 0 Å². The van der Waals surface area contributed by atoms with Crippen molar-refractivity contribution in [1.29, 1.82) is 0 Å². The molecule has 0 aromatic heterocycles. The number of hydrogen-bond donors (Lipinski definition) is 0. The Morgan fingerprint density at radius 1 is 0.852 bits per heavy atom. The van der Waals surface area contributed by atoms with Crippen LogP contribution >= 0.6 is 0 Å². The van der Waals surface area contributed by atoms with E-state index in [0.717, 1.165) is 52.0 Å². The Morgan fingerprint density at radius 2 is 1.59 bits per heavy atom. The van der Waals surface area contributed by atoms with E-state index >= 15 is 0 Å². The predicted octanol–water partition coefficient (Wildman–Crippen LogP) is 3.18. The van der Waals surface area contributed by atoms with Gasteiger partial charge in [-0.3, -0.25) is 4.79 Å². The van der Waals surface area contributed by atoms with Gasteiger partial charge in [0, 0.05) is 44.1 Å². The fourth-order valence-corrected chi connectivity index (χ4v) is 5.09. The highest BCUT2D eigenvalue weighted by molar-refractivity contribution is 5.82. The van der Waals surface area contributed by atoms with Gasteiger partial charge in [0.2, 0.25) is 5.91 Å². The summed E-state index contributed by atoms with van der Waals surface area (Å²) in [4.78, 5) is 20.5. The van der Waals surface area contributed by atoms with Crippen molar-refractivity contribution in [3.05, 3.63) is 60.2 Å². The molecule has 3 aliphatic rings. The van der Waals surface area contributed by atoms with Gasteiger partial charge in [0.1, 0.15) is 0 Å². The zero-order valence-corrected chi connectivity index (χ0v) is 15.8. The summed E-state index contributed by atoms with van der Waals surface area (Å²) in [6.45, 7) is 4.76. The molecule has 0 aliphatic carbocycles. The van der Waals surface area contributed by atoms with Crippen molar-refractivity contribution in [3.8, 4) is 0 Å². The summed E-state index contributed by atoms with van der Waals surface area (Å²) in [5, 5.41) is 0. The number of likely N-dealkylation sites (tertiary alicyclic amines) is 1. The molecule has 2 saturated heterocycles. The maximum Gasteiger partial charge on any atom is 0.228 e. The van der Waals surface area contributed by atoms with Gasteiger partial charge in [-0.1, -0.05) is 36.4 Å². The summed E-state index contributed by atoms with van der Waals surface area (Å²) in [6.07, 6.45) is 3.18. The molecular weight excluding hydrogens is 334 g/mol. The zero-order chi connectivity index (χ0) is 18.2. The van der Waals surface area contributed by atoms with Gasteiger partial charge in [-0.25, -0.2) is 0 Å². The SMILES string of the molecule is O=C([C@@H]1Cc2ccccc2N2CCN(c3ccccc3)C[C@H]12)N1CCCC1. The van der Waals surface area contributed by atoms with E-state index in [1.807, 2.05) is 0 Å². The number of para-hydroxylation sites is 2. The third-order valence-electron chi connectivity index (χ3n) is 6.48. The molecule has 0 bridgehead atoms. The first-order valence-electron chi connectivity index (χ1n) is 10.2. The molecule has 0 unspecified atom stereocenters. The van der Waals surface area contributed by atoms with E-state index in [4.69, 9.17) is 0 Å². The summed E-state index contributed by atoms with van der Waals surface area (Å²) in [7, 11) is 0. The molecule has 0 spiro atoms. The number of piperazine rings is 1. The molecule has 0 radical (unpaired) electrons. The van der Waals surface area contributed by atoms with Gasteiger partial charge in [0.25, 0.3) is 0 Å². The molecule has 0 N–H and O–H groups in total. The van der Waals surface area contributed by atoms with Gasteiger partial charge in [-0.2, -0.15) is 0 Å². The molecule has 3 aliphatic heterocycles. The smallest absolute Gasteiger partial charge is 0.228 e. The minimum Gasteiger partial charge on any atom is -0.368 e. The van der Waals surface area contributed by atoms with E-state index in [0.29, 0.717) is 5.91 Å². The van der Waals surface area contributed by atoms with Crippen LogP contribution in [-0.2, 0) is 11.2 Å². The Bertz CT molecular complexity index is 815. The second kappa shape index (κ2) is 6.91. The highest BCUT2D eigenvalue weighted by Crippen LogP contribution is 2.37. The molecular formula is C23H27N3O. The van der Waals surface area contributed by atoms with E-state index in [-0.39, 0.29) is 12.0 Å². The van der Waals surface area contributed by atoms with Gasteiger partial charge >= 0.3 is 0 Å². The first-order valence-corrected chi connectivity index (χ1v) is 10.2. The Kier molecular flexibility index (Phi) is 4.27. The standard InChI is InChI=1S/C23H27N3O/c27-23(24-12-6-7-13-24)20-16-18-8-4-5-11-21(18)26-15-14-25(17-22(20)26)19-9-2-1-3-10-19/h1-5,8-11,20,22H,6-7,12-17H2/t20-,22-/m1/s1. The molecule has 2 atom stereocenters. The fourth-order valence-electron chi connectivity index (χ4n) is 5.09. The number of carbonyl (C=O) groups excluding carboxylic acids is 1. The third kappa shape index (κ3) is 2.97. The van der Waals surface area contributed by atoms with Crippen LogP contribution in [0.3, 0.4) is 0 Å². The van der Waals surface area contributed by atoms with Gasteiger partial charge in [0.15, 0.2) is 0 Å². The molecule has 2 aromatic rings. The van der Waals surface area contributed by atoms with Crippen LogP contribution in [0.15, 0.2) is 54.6 Å². The lowest BCUT2D eigenvalue weighted by atomic mass is 9.83. The molecule has 5 rings (SSSR count). The third-order valence-corrected chi connectivity index (χ3v) is 6.48. The van der Waals surface area contributed by atoms with Crippen molar-refractivity contribution in [2.24, 2.45) is 5.92 Å². The van der Waals surface area contributed by atoms with Crippen molar-refractivity contribution >= 4 is 17.3 Å². The highest BCUT2D eigenvalue weighted by atomic mass is 16.2. The summed E-state index contributed by atoms with van der Waals surface area (Å²) in [6, 6.07) is 19.6. The van der Waals surface area contributed by atoms with E-state index in [9.17, 15) is 4.79 Å². The minimum atomic E-state index is 0.0597. The van der Waals surface area contributed by atoms with Crippen LogP contribution in [0.5, 0.6) is 0 Å². The topological polar surface area (TPSA) is 26.8 Å². The average molecular weight is 361 g/mol. The number of rotatable bonds is 2. The largest absolute Gasteiger partial charge is 0.368 e. The van der Waals surface area contributed by atoms with Crippen LogP contribution in [0, 0.1) is 5.92 Å². The molecule has 0 saturated carbocycles. The van der Waals surface area contributed by atoms with E-state index < -0.39 is 0 Å². The maximum absolute atomic E-state index is 13.4. The second-order valence-corrected chi connectivity index (χ2v) is 8.01. The summed E-state index contributed by atoms with van der Waals surface area (Å²) >= 11 is 0. The molecule has 27 heavy (non-hydrogen) atoms. The van der Waals surface area contributed by atoms with Crippen LogP contribution < -0.4 is 9.80 Å². The van der Waals surface area contributed by atoms with Crippen LogP contribution in [-0.4, -0.2) is 49.6 Å². The molecule has 140 valence electrons. The fraction of sp³-hybridized carbons (Fsp3) is 0.435. The first kappa shape index (κ1) is 16.7. The van der Waals surface area contributed by atoms with Crippen LogP contribution in [0.25, 0.3) is 0 Å². The van der Waals surface area contributed by atoms with Gasteiger partial charge in [0.05, 0.1) is 12.0 Å². The molecule has 4 heteroatoms. The Morgan fingerprint density at radius 3 is 2.41 bits per heavy atom. The Labute approximate surface area is 161 Å². The van der Waals surface area contributed by atoms with Crippen molar-refractivity contribution in [3.63, 3.8) is 0 Å². The zero-order valence-electron chi connectivity index (χ0n) is 15.8. The Balaban J connectivity index is 1.47. The maximum atomic E-state index is 13.4. The number of hydrogen-bond acceptors (Lipinski definition) is 3. The number of carbonyl (C=O) groups is 1. The van der Waals surface area contributed by atoms with Crippen molar-refractivity contribution in [2.45, 2.75) is 25.3 Å². The monoisotopic (exact) mass is 361 g/mol. The Hall–Kier alpha value is -2.49. The second-order valence-electron chi connectivity index (χ2n) is 8.01. The molecule has 2 fully saturated rings. The van der Waals surface area contributed by atoms with E-state index in [1.54, 1.807) is 0 Å². The van der Waals surface area contributed by atoms with Crippen molar-refractivity contribution in [2.75, 3.05) is 42.5 Å². The van der Waals surface area contributed by atoms with E-state index in [2.05, 4.69) is 69.3 Å². The lowest BCUT2D eigenvalue weighted by Crippen LogP contribution is -2.61. The van der Waals surface area contributed by atoms with Gasteiger partial charge < -0.3 is 14.7 Å². The number of fused-ring (bicyclic) bond motifs is 3. The van der Waals surface area contributed by atoms with Crippen LogP contribution in [0.1, 0.15) is 18.4 Å². The first-order chi connectivity index (χ1) is 13.3. The minimum absolute atomic E-state index is 0.0597. The number of nitrogens with zero attached hydrogens (tertiary/aromatic N) is 3. The van der Waals surface area contributed by atoms with E-state index in [1.165, 1.54) is 16.9 Å². The normalized spacial score (nSPS) is 24.5. The number of amides is 1. The van der Waals surface area contributed by atoms with Gasteiger partial charge in [-0.15, -0.1) is 0 Å². The molecule has 2 aromatic carbocycles. The molecule has 3 heterocycles. The van der Waals surface area contributed by atoms with Crippen molar-refractivity contribution < 1.29 is 4.79 Å². The number of benzene rings is 2. The average Bonchev–Trinajstić information content (AvgIpc) is 3.28. The highest BCUT2D eigenvalue weighted by Gasteiger charge is 2.43. The lowest BCUT2D eigenvalue weighted by Gasteiger charge is -2.50. The quantitative estimate of drug-likeness (QED) is 0.822. The van der Waals surface area contributed by atoms with Crippen LogP contribution in [0.4, 0.5) is 11.4 Å². The molecule has 1 amide bonds. The summed E-state index contributed by atoms with van der Waals surface area (Å²) < 4.78 is 0. The van der Waals surface area contributed by atoms with Gasteiger partial charge in [-0.05, 0) is 43.0 Å². The van der Waals surface area contributed by atoms with Crippen molar-refractivity contribution in [1.82, 2.24) is 4.90 Å². The lowest BCUT2D eigenvalue weighted by molar-refractivity contribution is -0.135. The summed E-state index contributed by atoms with van der Waals surface area (Å²) in [5.74, 6) is 0.427. The predicted molar refractivity (Wildman–Crippen MR) is 109 cm³/mol. The summed E-state index contributed by atoms with van der Waals surface area (Å²) in [5.41, 5.74) is 3.93. The number of anilines is 2.